The van der Waals surface area contributed by atoms with Gasteiger partial charge in [0, 0.05) is 30.6 Å². The van der Waals surface area contributed by atoms with Gasteiger partial charge in [0.2, 0.25) is 5.91 Å². The standard InChI is InChI=1S/C18H20ClF5N4O2/c1-8(18(22,23)24)28-6-17(2,7-28)14(9-3-4-10(20)12(19)13(9)21)27-15(29)11-5-25-16(30)26-11/h3-4,8,11,14H,5-7H2,1-2H3,(H,27,29)(H2,25,26,30)/t8-,11-,14+/m0/s1. The molecule has 0 aromatic heterocycles. The van der Waals surface area contributed by atoms with Gasteiger partial charge >= 0.3 is 12.2 Å². The maximum absolute atomic E-state index is 14.7. The van der Waals surface area contributed by atoms with Gasteiger partial charge in [-0.1, -0.05) is 24.6 Å². The Labute approximate surface area is 174 Å². The molecule has 12 heteroatoms. The van der Waals surface area contributed by atoms with Crippen LogP contribution in [0.25, 0.3) is 0 Å². The van der Waals surface area contributed by atoms with Crippen LogP contribution in [0, 0.1) is 17.0 Å². The zero-order valence-corrected chi connectivity index (χ0v) is 16.8. The van der Waals surface area contributed by atoms with Crippen LogP contribution in [-0.2, 0) is 4.79 Å². The molecule has 0 saturated carbocycles. The first kappa shape index (κ1) is 22.5. The van der Waals surface area contributed by atoms with E-state index in [1.165, 1.54) is 0 Å². The number of halogens is 6. The summed E-state index contributed by atoms with van der Waals surface area (Å²) in [7, 11) is 0. The Morgan fingerprint density at radius 1 is 1.33 bits per heavy atom. The highest BCUT2D eigenvalue weighted by Crippen LogP contribution is 2.46. The van der Waals surface area contributed by atoms with E-state index in [-0.39, 0.29) is 25.2 Å². The molecule has 2 saturated heterocycles. The Morgan fingerprint density at radius 2 is 1.97 bits per heavy atom. The third kappa shape index (κ3) is 4.18. The maximum Gasteiger partial charge on any atom is 0.403 e. The minimum absolute atomic E-state index is 0.00199. The highest BCUT2D eigenvalue weighted by atomic mass is 35.5. The molecule has 2 aliphatic heterocycles. The van der Waals surface area contributed by atoms with Gasteiger partial charge in [0.15, 0.2) is 0 Å². The summed E-state index contributed by atoms with van der Waals surface area (Å²) in [5.41, 5.74) is -1.14. The van der Waals surface area contributed by atoms with Crippen LogP contribution in [0.2, 0.25) is 5.02 Å². The monoisotopic (exact) mass is 454 g/mol. The predicted molar refractivity (Wildman–Crippen MR) is 97.8 cm³/mol. The number of carbonyl (C=O) groups excluding carboxylic acids is 2. The third-order valence-electron chi connectivity index (χ3n) is 5.60. The molecule has 1 aromatic rings. The SMILES string of the molecule is C[C@H](N1CC(C)([C@H](NC(=O)[C@@H]2CNC(=O)N2)c2ccc(F)c(Cl)c2F)C1)C(F)(F)F. The zero-order chi connectivity index (χ0) is 22.4. The number of alkyl halides is 3. The van der Waals surface area contributed by atoms with Crippen LogP contribution in [0.15, 0.2) is 12.1 Å². The van der Waals surface area contributed by atoms with E-state index in [2.05, 4.69) is 16.0 Å². The summed E-state index contributed by atoms with van der Waals surface area (Å²) in [5, 5.41) is 6.62. The lowest BCUT2D eigenvalue weighted by Gasteiger charge is -2.54. The van der Waals surface area contributed by atoms with Gasteiger partial charge in [0.25, 0.3) is 0 Å². The average Bonchev–Trinajstić information content (AvgIpc) is 3.07. The van der Waals surface area contributed by atoms with Crippen LogP contribution >= 0.6 is 11.6 Å². The van der Waals surface area contributed by atoms with Crippen molar-refractivity contribution in [1.29, 1.82) is 0 Å². The lowest BCUT2D eigenvalue weighted by molar-refractivity contribution is -0.206. The van der Waals surface area contributed by atoms with Crippen molar-refractivity contribution in [2.24, 2.45) is 5.41 Å². The summed E-state index contributed by atoms with van der Waals surface area (Å²) in [6.45, 7) is 2.42. The molecule has 3 N–H and O–H groups in total. The minimum Gasteiger partial charge on any atom is -0.347 e. The van der Waals surface area contributed by atoms with Gasteiger partial charge in [0.1, 0.15) is 28.7 Å². The van der Waals surface area contributed by atoms with E-state index in [1.54, 1.807) is 6.92 Å². The number of likely N-dealkylation sites (tertiary alicyclic amines) is 1. The third-order valence-corrected chi connectivity index (χ3v) is 5.94. The zero-order valence-electron chi connectivity index (χ0n) is 16.0. The fourth-order valence-corrected chi connectivity index (χ4v) is 3.96. The van der Waals surface area contributed by atoms with Crippen molar-refractivity contribution in [1.82, 2.24) is 20.9 Å². The Hall–Kier alpha value is -2.14. The van der Waals surface area contributed by atoms with Gasteiger partial charge in [-0.2, -0.15) is 13.2 Å². The lowest BCUT2D eigenvalue weighted by atomic mass is 9.71. The van der Waals surface area contributed by atoms with Crippen molar-refractivity contribution >= 4 is 23.5 Å². The molecule has 0 radical (unpaired) electrons. The molecule has 1 aromatic carbocycles. The second-order valence-corrected chi connectivity index (χ2v) is 8.27. The lowest BCUT2D eigenvalue weighted by Crippen LogP contribution is -2.65. The Bertz CT molecular complexity index is 860. The van der Waals surface area contributed by atoms with Gasteiger partial charge < -0.3 is 16.0 Å². The topological polar surface area (TPSA) is 73.5 Å². The average molecular weight is 455 g/mol. The molecule has 2 fully saturated rings. The van der Waals surface area contributed by atoms with Crippen molar-refractivity contribution in [3.05, 3.63) is 34.4 Å². The number of nitrogens with zero attached hydrogens (tertiary/aromatic N) is 1. The summed E-state index contributed by atoms with van der Waals surface area (Å²) in [6, 6.07) is -2.28. The molecule has 0 spiro atoms. The van der Waals surface area contributed by atoms with Crippen molar-refractivity contribution in [2.75, 3.05) is 19.6 Å². The van der Waals surface area contributed by atoms with Crippen molar-refractivity contribution in [3.63, 3.8) is 0 Å². The summed E-state index contributed by atoms with van der Waals surface area (Å²) in [6.07, 6.45) is -4.44. The van der Waals surface area contributed by atoms with Crippen LogP contribution < -0.4 is 16.0 Å². The molecule has 0 aliphatic carbocycles. The molecule has 30 heavy (non-hydrogen) atoms. The van der Waals surface area contributed by atoms with Gasteiger partial charge in [-0.3, -0.25) is 9.69 Å². The molecule has 166 valence electrons. The van der Waals surface area contributed by atoms with E-state index < -0.39 is 58.3 Å². The van der Waals surface area contributed by atoms with E-state index in [4.69, 9.17) is 11.6 Å². The molecular weight excluding hydrogens is 435 g/mol. The summed E-state index contributed by atoms with van der Waals surface area (Å²) < 4.78 is 67.5. The first-order chi connectivity index (χ1) is 13.8. The normalized spacial score (nSPS) is 23.2. The van der Waals surface area contributed by atoms with Gasteiger partial charge in [-0.25, -0.2) is 13.6 Å². The Balaban J connectivity index is 1.88. The summed E-state index contributed by atoms with van der Waals surface area (Å²) >= 11 is 5.67. The van der Waals surface area contributed by atoms with Crippen LogP contribution in [0.3, 0.4) is 0 Å². The van der Waals surface area contributed by atoms with Crippen LogP contribution in [0.5, 0.6) is 0 Å². The number of nitrogens with one attached hydrogen (secondary N) is 3. The minimum atomic E-state index is -4.44. The number of carbonyl (C=O) groups is 2. The number of amides is 3. The first-order valence-electron chi connectivity index (χ1n) is 9.12. The van der Waals surface area contributed by atoms with Gasteiger partial charge in [-0.05, 0) is 13.0 Å². The van der Waals surface area contributed by atoms with E-state index in [0.717, 1.165) is 24.0 Å². The Morgan fingerprint density at radius 3 is 2.50 bits per heavy atom. The highest BCUT2D eigenvalue weighted by molar-refractivity contribution is 6.31. The van der Waals surface area contributed by atoms with E-state index in [1.807, 2.05) is 0 Å². The molecule has 2 heterocycles. The largest absolute Gasteiger partial charge is 0.403 e. The van der Waals surface area contributed by atoms with E-state index in [0.29, 0.717) is 0 Å². The van der Waals surface area contributed by atoms with Crippen molar-refractivity contribution in [2.45, 2.75) is 38.1 Å². The number of hydrogen-bond donors (Lipinski definition) is 3. The van der Waals surface area contributed by atoms with Crippen LogP contribution in [0.1, 0.15) is 25.5 Å². The number of hydrogen-bond acceptors (Lipinski definition) is 3. The number of rotatable bonds is 5. The van der Waals surface area contributed by atoms with E-state index in [9.17, 15) is 31.5 Å². The molecular formula is C18H20ClF5N4O2. The van der Waals surface area contributed by atoms with Crippen molar-refractivity contribution in [3.8, 4) is 0 Å². The quantitative estimate of drug-likeness (QED) is 0.473. The van der Waals surface area contributed by atoms with Gasteiger partial charge in [-0.15, -0.1) is 0 Å². The molecule has 3 rings (SSSR count). The van der Waals surface area contributed by atoms with E-state index >= 15 is 0 Å². The van der Waals surface area contributed by atoms with Crippen LogP contribution in [0.4, 0.5) is 26.7 Å². The predicted octanol–water partition coefficient (Wildman–Crippen LogP) is 2.73. The molecule has 2 aliphatic rings. The second kappa shape index (κ2) is 7.84. The van der Waals surface area contributed by atoms with Crippen molar-refractivity contribution < 1.29 is 31.5 Å². The number of urea groups is 1. The highest BCUT2D eigenvalue weighted by Gasteiger charge is 2.53. The molecule has 0 bridgehead atoms. The summed E-state index contributed by atoms with van der Waals surface area (Å²) in [4.78, 5) is 25.1. The summed E-state index contributed by atoms with van der Waals surface area (Å²) in [5.74, 6) is -2.75. The van der Waals surface area contributed by atoms with Crippen LogP contribution in [-0.4, -0.2) is 54.7 Å². The Kier molecular flexibility index (Phi) is 5.89. The number of benzene rings is 1. The fraction of sp³-hybridized carbons (Fsp3) is 0.556. The molecule has 6 nitrogen and oxygen atoms in total. The molecule has 3 amide bonds. The molecule has 3 atom stereocenters. The molecule has 0 unspecified atom stereocenters. The second-order valence-electron chi connectivity index (χ2n) is 7.89. The van der Waals surface area contributed by atoms with Gasteiger partial charge in [0.05, 0.1) is 6.04 Å². The smallest absolute Gasteiger partial charge is 0.347 e. The maximum atomic E-state index is 14.7. The first-order valence-corrected chi connectivity index (χ1v) is 9.50. The fourth-order valence-electron chi connectivity index (χ4n) is 3.79.